The van der Waals surface area contributed by atoms with Crippen molar-refractivity contribution in [3.63, 3.8) is 0 Å². The number of carbonyl (C=O) groups excluding carboxylic acids is 1. The molecule has 1 aromatic rings. The lowest BCUT2D eigenvalue weighted by atomic mass is 10.5. The van der Waals surface area contributed by atoms with Crippen LogP contribution in [0.25, 0.3) is 0 Å². The summed E-state index contributed by atoms with van der Waals surface area (Å²) >= 11 is 1.39. The van der Waals surface area contributed by atoms with Crippen LogP contribution in [0.3, 0.4) is 0 Å². The van der Waals surface area contributed by atoms with Gasteiger partial charge >= 0.3 is 0 Å². The third-order valence-corrected chi connectivity index (χ3v) is 1.74. The number of amides is 1. The fraction of sp³-hybridized carbons (Fsp3) is 0.200. The Kier molecular flexibility index (Phi) is 1.96. The first-order chi connectivity index (χ1) is 4.75. The molecule has 1 rings (SSSR count). The van der Waals surface area contributed by atoms with Crippen LogP contribution in [-0.2, 0) is 0 Å². The predicted molar refractivity (Wildman–Crippen MR) is 38.9 cm³/mol. The first-order valence-electron chi connectivity index (χ1n) is 2.63. The van der Waals surface area contributed by atoms with Crippen molar-refractivity contribution >= 4 is 17.7 Å². The van der Waals surface area contributed by atoms with Crippen molar-refractivity contribution in [2.45, 2.75) is 5.03 Å². The number of rotatable bonds is 2. The van der Waals surface area contributed by atoms with Gasteiger partial charge in [0, 0.05) is 0 Å². The van der Waals surface area contributed by atoms with E-state index < -0.39 is 5.91 Å². The maximum atomic E-state index is 10.6. The summed E-state index contributed by atoms with van der Waals surface area (Å²) in [5.74, 6) is -0.471. The number of H-pyrrole nitrogens is 1. The summed E-state index contributed by atoms with van der Waals surface area (Å²) in [5.41, 5.74) is 5.39. The van der Waals surface area contributed by atoms with Gasteiger partial charge in [-0.3, -0.25) is 4.79 Å². The molecule has 0 aliphatic carbocycles. The number of nitrogens with two attached hydrogens (primary N) is 1. The summed E-state index contributed by atoms with van der Waals surface area (Å²) in [6.45, 7) is 0. The molecular formula is C5H7N3OS. The molecule has 0 aromatic carbocycles. The van der Waals surface area contributed by atoms with Crippen LogP contribution in [0, 0.1) is 0 Å². The van der Waals surface area contributed by atoms with Crippen LogP contribution in [0.2, 0.25) is 0 Å². The zero-order chi connectivity index (χ0) is 7.56. The van der Waals surface area contributed by atoms with Crippen LogP contribution in [0.15, 0.2) is 11.4 Å². The van der Waals surface area contributed by atoms with E-state index in [1.165, 1.54) is 18.1 Å². The Labute approximate surface area is 62.2 Å². The molecule has 0 unspecified atom stereocenters. The van der Waals surface area contributed by atoms with Crippen LogP contribution in [0.5, 0.6) is 0 Å². The lowest BCUT2D eigenvalue weighted by Crippen LogP contribution is -2.12. The van der Waals surface area contributed by atoms with Gasteiger partial charge in [-0.1, -0.05) is 0 Å². The molecule has 54 valence electrons. The minimum atomic E-state index is -0.471. The van der Waals surface area contributed by atoms with Crippen molar-refractivity contribution in [3.05, 3.63) is 12.0 Å². The van der Waals surface area contributed by atoms with E-state index in [1.807, 2.05) is 6.26 Å². The Morgan fingerprint density at radius 1 is 1.90 bits per heavy atom. The van der Waals surface area contributed by atoms with E-state index in [0.29, 0.717) is 10.7 Å². The van der Waals surface area contributed by atoms with Crippen molar-refractivity contribution in [1.29, 1.82) is 0 Å². The Morgan fingerprint density at radius 3 is 3.00 bits per heavy atom. The molecule has 0 aliphatic heterocycles. The molecule has 10 heavy (non-hydrogen) atoms. The molecule has 0 atom stereocenters. The number of nitrogens with one attached hydrogen (secondary N) is 1. The molecule has 5 heteroatoms. The number of carbonyl (C=O) groups is 1. The Hall–Kier alpha value is -0.970. The van der Waals surface area contributed by atoms with Gasteiger partial charge in [-0.25, -0.2) is 4.98 Å². The first-order valence-corrected chi connectivity index (χ1v) is 3.85. The molecule has 0 saturated carbocycles. The number of hydrogen-bond donors (Lipinski definition) is 2. The van der Waals surface area contributed by atoms with Crippen molar-refractivity contribution in [3.8, 4) is 0 Å². The number of primary amides is 1. The molecule has 0 aliphatic rings. The molecule has 0 spiro atoms. The SMILES string of the molecule is CSc1nc[nH]c1C(N)=O. The van der Waals surface area contributed by atoms with E-state index in [9.17, 15) is 4.79 Å². The van der Waals surface area contributed by atoms with Crippen molar-refractivity contribution in [2.75, 3.05) is 6.26 Å². The third-order valence-electron chi connectivity index (χ3n) is 1.04. The van der Waals surface area contributed by atoms with Gasteiger partial charge in [0.25, 0.3) is 5.91 Å². The quantitative estimate of drug-likeness (QED) is 0.603. The average molecular weight is 157 g/mol. The zero-order valence-corrected chi connectivity index (χ0v) is 6.23. The highest BCUT2D eigenvalue weighted by Gasteiger charge is 2.08. The lowest BCUT2D eigenvalue weighted by Gasteiger charge is -1.90. The van der Waals surface area contributed by atoms with Gasteiger partial charge in [0.05, 0.1) is 6.33 Å². The second-order valence-corrected chi connectivity index (χ2v) is 2.45. The molecule has 0 fully saturated rings. The molecule has 0 saturated heterocycles. The molecule has 1 aromatic heterocycles. The minimum absolute atomic E-state index is 0.382. The molecular weight excluding hydrogens is 150 g/mol. The van der Waals surface area contributed by atoms with E-state index in [4.69, 9.17) is 5.73 Å². The largest absolute Gasteiger partial charge is 0.364 e. The monoisotopic (exact) mass is 157 g/mol. The average Bonchev–Trinajstić information content (AvgIpc) is 2.33. The highest BCUT2D eigenvalue weighted by Crippen LogP contribution is 2.13. The number of aromatic amines is 1. The molecule has 0 bridgehead atoms. The summed E-state index contributed by atoms with van der Waals surface area (Å²) in [5, 5.41) is 0.646. The molecule has 3 N–H and O–H groups in total. The van der Waals surface area contributed by atoms with E-state index in [1.54, 1.807) is 0 Å². The standard InChI is InChI=1S/C5H7N3OS/c1-10-5-3(4(6)9)7-2-8-5/h2H,1H3,(H2,6,9)(H,7,8). The number of imidazole rings is 1. The summed E-state index contributed by atoms with van der Waals surface area (Å²) in [7, 11) is 0. The Bertz CT molecular complexity index is 245. The van der Waals surface area contributed by atoms with Gasteiger partial charge in [-0.05, 0) is 6.26 Å². The molecule has 1 amide bonds. The van der Waals surface area contributed by atoms with Crippen molar-refractivity contribution in [2.24, 2.45) is 5.73 Å². The maximum Gasteiger partial charge on any atom is 0.267 e. The second-order valence-electron chi connectivity index (χ2n) is 1.65. The fourth-order valence-corrected chi connectivity index (χ4v) is 1.13. The minimum Gasteiger partial charge on any atom is -0.364 e. The van der Waals surface area contributed by atoms with Gasteiger partial charge in [-0.15, -0.1) is 11.8 Å². The van der Waals surface area contributed by atoms with Gasteiger partial charge in [0.15, 0.2) is 0 Å². The Morgan fingerprint density at radius 2 is 2.60 bits per heavy atom. The summed E-state index contributed by atoms with van der Waals surface area (Å²) in [4.78, 5) is 17.1. The number of nitrogens with zero attached hydrogens (tertiary/aromatic N) is 1. The van der Waals surface area contributed by atoms with E-state index in [2.05, 4.69) is 9.97 Å². The highest BCUT2D eigenvalue weighted by atomic mass is 32.2. The van der Waals surface area contributed by atoms with Crippen LogP contribution in [-0.4, -0.2) is 22.1 Å². The molecule has 0 radical (unpaired) electrons. The van der Waals surface area contributed by atoms with Crippen molar-refractivity contribution in [1.82, 2.24) is 9.97 Å². The van der Waals surface area contributed by atoms with Crippen LogP contribution in [0.4, 0.5) is 0 Å². The lowest BCUT2D eigenvalue weighted by molar-refractivity contribution is 0.0993. The van der Waals surface area contributed by atoms with Crippen molar-refractivity contribution < 1.29 is 4.79 Å². The van der Waals surface area contributed by atoms with Crippen LogP contribution in [0.1, 0.15) is 10.5 Å². The number of aromatic nitrogens is 2. The fourth-order valence-electron chi connectivity index (χ4n) is 0.613. The summed E-state index contributed by atoms with van der Waals surface area (Å²) < 4.78 is 0. The maximum absolute atomic E-state index is 10.6. The van der Waals surface area contributed by atoms with Gasteiger partial charge in [0.1, 0.15) is 10.7 Å². The van der Waals surface area contributed by atoms with Gasteiger partial charge in [0.2, 0.25) is 0 Å². The normalized spacial score (nSPS) is 9.70. The smallest absolute Gasteiger partial charge is 0.267 e. The summed E-state index contributed by atoms with van der Waals surface area (Å²) in [6.07, 6.45) is 3.29. The molecule has 1 heterocycles. The second kappa shape index (κ2) is 2.74. The highest BCUT2D eigenvalue weighted by molar-refractivity contribution is 7.98. The topological polar surface area (TPSA) is 71.8 Å². The van der Waals surface area contributed by atoms with E-state index in [-0.39, 0.29) is 0 Å². The van der Waals surface area contributed by atoms with E-state index >= 15 is 0 Å². The first kappa shape index (κ1) is 7.14. The van der Waals surface area contributed by atoms with E-state index in [0.717, 1.165) is 0 Å². The van der Waals surface area contributed by atoms with Gasteiger partial charge in [-0.2, -0.15) is 0 Å². The number of thioether (sulfide) groups is 1. The van der Waals surface area contributed by atoms with Crippen LogP contribution < -0.4 is 5.73 Å². The third kappa shape index (κ3) is 1.13. The zero-order valence-electron chi connectivity index (χ0n) is 5.42. The van der Waals surface area contributed by atoms with Crippen LogP contribution >= 0.6 is 11.8 Å². The number of hydrogen-bond acceptors (Lipinski definition) is 3. The summed E-state index contributed by atoms with van der Waals surface area (Å²) in [6, 6.07) is 0. The molecule has 4 nitrogen and oxygen atoms in total. The Balaban J connectivity index is 3.01. The predicted octanol–water partition coefficient (Wildman–Crippen LogP) is 0.231. The van der Waals surface area contributed by atoms with Gasteiger partial charge < -0.3 is 10.7 Å².